The largest absolute Gasteiger partial charge is 0.352 e. The second-order valence-corrected chi connectivity index (χ2v) is 9.31. The zero-order valence-corrected chi connectivity index (χ0v) is 21.5. The third-order valence-corrected chi connectivity index (χ3v) is 6.63. The molecule has 0 fully saturated rings. The number of rotatable bonds is 12. The van der Waals surface area contributed by atoms with E-state index < -0.39 is 6.04 Å². The van der Waals surface area contributed by atoms with Crippen molar-refractivity contribution in [2.24, 2.45) is 0 Å². The third kappa shape index (κ3) is 7.77. The average molecular weight is 489 g/mol. The molecule has 0 spiro atoms. The van der Waals surface area contributed by atoms with Crippen molar-refractivity contribution < 1.29 is 14.0 Å². The molecule has 0 aliphatic heterocycles. The number of nitrogens with one attached hydrogen (secondary N) is 1. The number of halogens is 1. The molecular weight excluding hydrogens is 451 g/mol. The van der Waals surface area contributed by atoms with Crippen molar-refractivity contribution >= 4 is 11.8 Å². The molecule has 4 nitrogen and oxygen atoms in total. The normalized spacial score (nSPS) is 12.6. The maximum absolute atomic E-state index is 14.7. The van der Waals surface area contributed by atoms with Gasteiger partial charge in [-0.3, -0.25) is 9.59 Å². The fraction of sp³-hybridized carbons (Fsp3) is 0.355. The van der Waals surface area contributed by atoms with Crippen LogP contribution in [-0.2, 0) is 35.4 Å². The van der Waals surface area contributed by atoms with Crippen LogP contribution in [0.1, 0.15) is 55.9 Å². The van der Waals surface area contributed by atoms with Crippen LogP contribution in [0.15, 0.2) is 78.9 Å². The van der Waals surface area contributed by atoms with Crippen molar-refractivity contribution in [3.05, 3.63) is 107 Å². The molecule has 2 amide bonds. The summed E-state index contributed by atoms with van der Waals surface area (Å²) in [6.07, 6.45) is 2.89. The van der Waals surface area contributed by atoms with Crippen molar-refractivity contribution in [1.29, 1.82) is 0 Å². The lowest BCUT2D eigenvalue weighted by molar-refractivity contribution is -0.141. The maximum Gasteiger partial charge on any atom is 0.243 e. The standard InChI is InChI=1S/C31H37FN2O2/c1-4-23(3)33-31(36)29(21-26-11-7-6-8-12-26)34(22-27-13-9-10-14-28(27)32)30(35)20-19-25-17-15-24(5-2)16-18-25/h6-18,23,29H,4-5,19-22H2,1-3H3,(H,33,36)/t23-,29+/m1/s1. The van der Waals surface area contributed by atoms with Crippen LogP contribution in [0.2, 0.25) is 0 Å². The summed E-state index contributed by atoms with van der Waals surface area (Å²) in [5.41, 5.74) is 3.65. The van der Waals surface area contributed by atoms with Crippen LogP contribution in [0.5, 0.6) is 0 Å². The van der Waals surface area contributed by atoms with Gasteiger partial charge < -0.3 is 10.2 Å². The van der Waals surface area contributed by atoms with Gasteiger partial charge in [0.25, 0.3) is 0 Å². The van der Waals surface area contributed by atoms with Gasteiger partial charge in [0.2, 0.25) is 11.8 Å². The molecule has 0 unspecified atom stereocenters. The lowest BCUT2D eigenvalue weighted by Crippen LogP contribution is -2.52. The Hall–Kier alpha value is -3.47. The lowest BCUT2D eigenvalue weighted by Gasteiger charge is -2.32. The molecule has 3 rings (SSSR count). The summed E-state index contributed by atoms with van der Waals surface area (Å²) in [5.74, 6) is -0.769. The molecule has 0 aliphatic rings. The molecule has 0 bridgehead atoms. The fourth-order valence-corrected chi connectivity index (χ4v) is 4.14. The van der Waals surface area contributed by atoms with E-state index in [1.165, 1.54) is 11.6 Å². The van der Waals surface area contributed by atoms with Crippen LogP contribution in [0.25, 0.3) is 0 Å². The molecule has 0 aliphatic carbocycles. The van der Waals surface area contributed by atoms with Gasteiger partial charge in [-0.25, -0.2) is 4.39 Å². The van der Waals surface area contributed by atoms with Crippen LogP contribution in [-0.4, -0.2) is 28.8 Å². The van der Waals surface area contributed by atoms with Crippen molar-refractivity contribution in [2.75, 3.05) is 0 Å². The van der Waals surface area contributed by atoms with Crippen LogP contribution in [0, 0.1) is 5.82 Å². The number of carbonyl (C=O) groups is 2. The first-order valence-corrected chi connectivity index (χ1v) is 12.9. The van der Waals surface area contributed by atoms with E-state index in [1.807, 2.05) is 56.3 Å². The highest BCUT2D eigenvalue weighted by Crippen LogP contribution is 2.19. The number of aryl methyl sites for hydroxylation is 2. The third-order valence-electron chi connectivity index (χ3n) is 6.63. The van der Waals surface area contributed by atoms with Gasteiger partial charge >= 0.3 is 0 Å². The van der Waals surface area contributed by atoms with Crippen molar-refractivity contribution in [3.63, 3.8) is 0 Å². The van der Waals surface area contributed by atoms with Gasteiger partial charge in [0.05, 0.1) is 0 Å². The minimum atomic E-state index is -0.754. The van der Waals surface area contributed by atoms with Gasteiger partial charge in [-0.2, -0.15) is 0 Å². The highest BCUT2D eigenvalue weighted by atomic mass is 19.1. The summed E-state index contributed by atoms with van der Waals surface area (Å²) in [7, 11) is 0. The van der Waals surface area contributed by atoms with Gasteiger partial charge in [0.1, 0.15) is 11.9 Å². The molecule has 1 N–H and O–H groups in total. The Morgan fingerprint density at radius 1 is 0.861 bits per heavy atom. The first-order valence-electron chi connectivity index (χ1n) is 12.9. The minimum absolute atomic E-state index is 0.0294. The van der Waals surface area contributed by atoms with E-state index in [-0.39, 0.29) is 36.6 Å². The zero-order valence-electron chi connectivity index (χ0n) is 21.5. The SMILES string of the molecule is CCc1ccc(CCC(=O)N(Cc2ccccc2F)[C@@H](Cc2ccccc2)C(=O)N[C@H](C)CC)cc1. The molecule has 190 valence electrons. The summed E-state index contributed by atoms with van der Waals surface area (Å²) in [6.45, 7) is 6.09. The Morgan fingerprint density at radius 2 is 1.50 bits per heavy atom. The van der Waals surface area contributed by atoms with E-state index in [0.717, 1.165) is 24.0 Å². The van der Waals surface area contributed by atoms with Gasteiger partial charge in [-0.1, -0.05) is 86.6 Å². The second kappa shape index (κ2) is 13.6. The fourth-order valence-electron chi connectivity index (χ4n) is 4.14. The molecule has 0 saturated heterocycles. The van der Waals surface area contributed by atoms with Gasteiger partial charge in [-0.05, 0) is 48.9 Å². The molecule has 3 aromatic rings. The van der Waals surface area contributed by atoms with E-state index in [9.17, 15) is 14.0 Å². The Kier molecular flexibility index (Phi) is 10.2. The number of hydrogen-bond acceptors (Lipinski definition) is 2. The molecule has 5 heteroatoms. The Balaban J connectivity index is 1.90. The molecule has 0 saturated carbocycles. The predicted octanol–water partition coefficient (Wildman–Crippen LogP) is 5.88. The predicted molar refractivity (Wildman–Crippen MR) is 143 cm³/mol. The molecule has 36 heavy (non-hydrogen) atoms. The monoisotopic (exact) mass is 488 g/mol. The second-order valence-electron chi connectivity index (χ2n) is 9.31. The van der Waals surface area contributed by atoms with Crippen LogP contribution in [0.3, 0.4) is 0 Å². The Morgan fingerprint density at radius 3 is 2.14 bits per heavy atom. The lowest BCUT2D eigenvalue weighted by atomic mass is 10.0. The smallest absolute Gasteiger partial charge is 0.243 e. The van der Waals surface area contributed by atoms with Crippen molar-refractivity contribution in [3.8, 4) is 0 Å². The molecule has 0 aromatic heterocycles. The highest BCUT2D eigenvalue weighted by molar-refractivity contribution is 5.88. The molecule has 0 heterocycles. The van der Waals surface area contributed by atoms with E-state index in [0.29, 0.717) is 18.4 Å². The average Bonchev–Trinajstić information content (AvgIpc) is 2.91. The van der Waals surface area contributed by atoms with E-state index in [1.54, 1.807) is 23.1 Å². The molecule has 0 radical (unpaired) electrons. The number of carbonyl (C=O) groups excluding carboxylic acids is 2. The van der Waals surface area contributed by atoms with Crippen LogP contribution < -0.4 is 5.32 Å². The van der Waals surface area contributed by atoms with E-state index in [2.05, 4.69) is 24.4 Å². The molecule has 3 aromatic carbocycles. The number of hydrogen-bond donors (Lipinski definition) is 1. The van der Waals surface area contributed by atoms with E-state index >= 15 is 0 Å². The number of nitrogens with zero attached hydrogens (tertiary/aromatic N) is 1. The first-order chi connectivity index (χ1) is 17.4. The summed E-state index contributed by atoms with van der Waals surface area (Å²) in [6, 6.07) is 23.6. The highest BCUT2D eigenvalue weighted by Gasteiger charge is 2.31. The van der Waals surface area contributed by atoms with Crippen LogP contribution in [0.4, 0.5) is 4.39 Å². The first kappa shape index (κ1) is 27.1. The van der Waals surface area contributed by atoms with Gasteiger partial charge in [-0.15, -0.1) is 0 Å². The summed E-state index contributed by atoms with van der Waals surface area (Å²) >= 11 is 0. The summed E-state index contributed by atoms with van der Waals surface area (Å²) < 4.78 is 14.7. The number of benzene rings is 3. The maximum atomic E-state index is 14.7. The van der Waals surface area contributed by atoms with Crippen molar-refractivity contribution in [2.45, 2.75) is 71.5 Å². The topological polar surface area (TPSA) is 49.4 Å². The van der Waals surface area contributed by atoms with Gasteiger partial charge in [0.15, 0.2) is 0 Å². The molecule has 2 atom stereocenters. The Bertz CT molecular complexity index is 1110. The molecular formula is C31H37FN2O2. The summed E-state index contributed by atoms with van der Waals surface area (Å²) in [5, 5.41) is 3.05. The Labute approximate surface area is 214 Å². The van der Waals surface area contributed by atoms with Crippen molar-refractivity contribution in [1.82, 2.24) is 10.2 Å². The quantitative estimate of drug-likeness (QED) is 0.346. The minimum Gasteiger partial charge on any atom is -0.352 e. The summed E-state index contributed by atoms with van der Waals surface area (Å²) in [4.78, 5) is 28.7. The van der Waals surface area contributed by atoms with Crippen LogP contribution >= 0.6 is 0 Å². The zero-order chi connectivity index (χ0) is 25.9. The van der Waals surface area contributed by atoms with Gasteiger partial charge in [0, 0.05) is 31.0 Å². The number of amides is 2. The van der Waals surface area contributed by atoms with E-state index in [4.69, 9.17) is 0 Å².